The molecule has 0 aliphatic carbocycles. The molecule has 0 saturated heterocycles. The third-order valence-corrected chi connectivity index (χ3v) is 3.88. The van der Waals surface area contributed by atoms with E-state index in [2.05, 4.69) is 4.98 Å². The predicted molar refractivity (Wildman–Crippen MR) is 95.6 cm³/mol. The van der Waals surface area contributed by atoms with Gasteiger partial charge in [-0.15, -0.1) is 0 Å². The fourth-order valence-corrected chi connectivity index (χ4v) is 2.88. The molecule has 24 heavy (non-hydrogen) atoms. The topological polar surface area (TPSA) is 56.2 Å². The summed E-state index contributed by atoms with van der Waals surface area (Å²) in [4.78, 5) is 15.0. The van der Waals surface area contributed by atoms with Crippen LogP contribution in [-0.4, -0.2) is 28.7 Å². The number of esters is 1. The average Bonchev–Trinajstić information content (AvgIpc) is 2.91. The molecule has 0 spiro atoms. The largest absolute Gasteiger partial charge is 0.494 e. The first kappa shape index (κ1) is 16.3. The van der Waals surface area contributed by atoms with Gasteiger partial charge in [-0.2, -0.15) is 0 Å². The van der Waals surface area contributed by atoms with Gasteiger partial charge in [-0.05, 0) is 68.5 Å². The van der Waals surface area contributed by atoms with Crippen LogP contribution in [-0.2, 0) is 4.74 Å². The summed E-state index contributed by atoms with van der Waals surface area (Å²) in [7, 11) is 0. The number of carbonyl (C=O) groups excluding carboxylic acids is 1. The zero-order valence-electron chi connectivity index (χ0n) is 13.5. The van der Waals surface area contributed by atoms with Crippen LogP contribution >= 0.6 is 12.2 Å². The second-order valence-electron chi connectivity index (χ2n) is 5.14. The summed E-state index contributed by atoms with van der Waals surface area (Å²) in [6.07, 6.45) is 0. The Morgan fingerprint density at radius 2 is 1.88 bits per heavy atom. The Morgan fingerprint density at radius 3 is 2.54 bits per heavy atom. The molecule has 0 fully saturated rings. The normalized spacial score (nSPS) is 10.8. The first-order valence-electron chi connectivity index (χ1n) is 7.79. The molecule has 6 heteroatoms. The molecule has 0 unspecified atom stereocenters. The maximum Gasteiger partial charge on any atom is 0.338 e. The van der Waals surface area contributed by atoms with E-state index in [0.717, 1.165) is 22.5 Å². The van der Waals surface area contributed by atoms with Crippen LogP contribution in [0, 0.1) is 4.77 Å². The van der Waals surface area contributed by atoms with Gasteiger partial charge < -0.3 is 14.5 Å². The SMILES string of the molecule is CCOC(=O)c1ccc2c(c1)[nH]c(=S)n2-c1ccc(OCC)cc1. The second kappa shape index (κ2) is 6.88. The zero-order valence-corrected chi connectivity index (χ0v) is 14.4. The van der Waals surface area contributed by atoms with Gasteiger partial charge in [0.1, 0.15) is 5.75 Å². The highest BCUT2D eigenvalue weighted by Crippen LogP contribution is 2.23. The van der Waals surface area contributed by atoms with Gasteiger partial charge in [-0.25, -0.2) is 4.79 Å². The number of ether oxygens (including phenoxy) is 2. The Labute approximate surface area is 144 Å². The highest BCUT2D eigenvalue weighted by molar-refractivity contribution is 7.71. The monoisotopic (exact) mass is 342 g/mol. The van der Waals surface area contributed by atoms with E-state index in [0.29, 0.717) is 23.5 Å². The molecule has 0 saturated carbocycles. The van der Waals surface area contributed by atoms with Crippen molar-refractivity contribution in [1.29, 1.82) is 0 Å². The molecule has 0 radical (unpaired) electrons. The van der Waals surface area contributed by atoms with Crippen LogP contribution in [0.3, 0.4) is 0 Å². The number of H-pyrrole nitrogens is 1. The van der Waals surface area contributed by atoms with Crippen molar-refractivity contribution >= 4 is 29.2 Å². The Kier molecular flexibility index (Phi) is 4.66. The molecule has 0 aliphatic rings. The first-order chi connectivity index (χ1) is 11.6. The van der Waals surface area contributed by atoms with Gasteiger partial charge in [0.2, 0.25) is 0 Å². The fourth-order valence-electron chi connectivity index (χ4n) is 2.57. The fraction of sp³-hybridized carbons (Fsp3) is 0.222. The molecular formula is C18H18N2O3S. The quantitative estimate of drug-likeness (QED) is 0.556. The number of benzene rings is 2. The number of aromatic nitrogens is 2. The number of imidazole rings is 1. The molecule has 1 N–H and O–H groups in total. The van der Waals surface area contributed by atoms with E-state index in [-0.39, 0.29) is 5.97 Å². The minimum absolute atomic E-state index is 0.340. The lowest BCUT2D eigenvalue weighted by molar-refractivity contribution is 0.0526. The standard InChI is InChI=1S/C18H18N2O3S/c1-3-22-14-8-6-13(7-9-14)20-16-10-5-12(17(21)23-4-2)11-15(16)19-18(20)24/h5-11H,3-4H2,1-2H3,(H,19,24). The Hall–Kier alpha value is -2.60. The molecule has 3 aromatic rings. The highest BCUT2D eigenvalue weighted by atomic mass is 32.1. The molecule has 1 aromatic heterocycles. The number of hydrogen-bond acceptors (Lipinski definition) is 4. The third kappa shape index (κ3) is 3.05. The average molecular weight is 342 g/mol. The van der Waals surface area contributed by atoms with Crippen molar-refractivity contribution in [2.24, 2.45) is 0 Å². The van der Waals surface area contributed by atoms with Crippen molar-refractivity contribution in [2.75, 3.05) is 13.2 Å². The van der Waals surface area contributed by atoms with Gasteiger partial charge in [-0.1, -0.05) is 0 Å². The van der Waals surface area contributed by atoms with Crippen LogP contribution in [0.5, 0.6) is 5.75 Å². The van der Waals surface area contributed by atoms with Crippen molar-refractivity contribution in [3.8, 4) is 11.4 Å². The van der Waals surface area contributed by atoms with Crippen LogP contribution in [0.25, 0.3) is 16.7 Å². The number of nitrogens with zero attached hydrogens (tertiary/aromatic N) is 1. The molecule has 0 atom stereocenters. The van der Waals surface area contributed by atoms with Crippen molar-refractivity contribution in [2.45, 2.75) is 13.8 Å². The van der Waals surface area contributed by atoms with Gasteiger partial charge in [-0.3, -0.25) is 4.57 Å². The zero-order chi connectivity index (χ0) is 17.1. The molecule has 3 rings (SSSR count). The lowest BCUT2D eigenvalue weighted by Crippen LogP contribution is -2.04. The van der Waals surface area contributed by atoms with E-state index in [4.69, 9.17) is 21.7 Å². The van der Waals surface area contributed by atoms with E-state index in [9.17, 15) is 4.79 Å². The number of rotatable bonds is 5. The molecule has 0 aliphatic heterocycles. The molecule has 1 heterocycles. The minimum atomic E-state index is -0.340. The summed E-state index contributed by atoms with van der Waals surface area (Å²) in [6.45, 7) is 4.71. The molecule has 0 bridgehead atoms. The number of fused-ring (bicyclic) bond motifs is 1. The number of hydrogen-bond donors (Lipinski definition) is 1. The highest BCUT2D eigenvalue weighted by Gasteiger charge is 2.11. The Morgan fingerprint density at radius 1 is 1.12 bits per heavy atom. The first-order valence-corrected chi connectivity index (χ1v) is 8.20. The van der Waals surface area contributed by atoms with Crippen LogP contribution in [0.15, 0.2) is 42.5 Å². The smallest absolute Gasteiger partial charge is 0.338 e. The minimum Gasteiger partial charge on any atom is -0.494 e. The van der Waals surface area contributed by atoms with Gasteiger partial charge in [0.15, 0.2) is 4.77 Å². The number of aromatic amines is 1. The van der Waals surface area contributed by atoms with E-state index in [1.807, 2.05) is 41.8 Å². The Bertz CT molecular complexity index is 926. The van der Waals surface area contributed by atoms with E-state index in [1.165, 1.54) is 0 Å². The maximum atomic E-state index is 11.9. The van der Waals surface area contributed by atoms with Gasteiger partial charge in [0.25, 0.3) is 0 Å². The molecular weight excluding hydrogens is 324 g/mol. The van der Waals surface area contributed by atoms with Crippen molar-refractivity contribution in [3.05, 3.63) is 52.8 Å². The number of carbonyl (C=O) groups is 1. The Balaban J connectivity index is 2.04. The lowest BCUT2D eigenvalue weighted by Gasteiger charge is -2.07. The van der Waals surface area contributed by atoms with Crippen molar-refractivity contribution in [1.82, 2.24) is 9.55 Å². The third-order valence-electron chi connectivity index (χ3n) is 3.60. The summed E-state index contributed by atoms with van der Waals surface area (Å²) in [5.41, 5.74) is 3.12. The van der Waals surface area contributed by atoms with Gasteiger partial charge in [0.05, 0.1) is 29.8 Å². The van der Waals surface area contributed by atoms with Crippen molar-refractivity contribution in [3.63, 3.8) is 0 Å². The van der Waals surface area contributed by atoms with E-state index in [1.54, 1.807) is 19.1 Å². The molecule has 2 aromatic carbocycles. The summed E-state index contributed by atoms with van der Waals surface area (Å²) < 4.78 is 13.0. The van der Waals surface area contributed by atoms with Crippen LogP contribution in [0.4, 0.5) is 0 Å². The second-order valence-corrected chi connectivity index (χ2v) is 5.53. The molecule has 124 valence electrons. The van der Waals surface area contributed by atoms with E-state index < -0.39 is 0 Å². The van der Waals surface area contributed by atoms with Crippen LogP contribution in [0.2, 0.25) is 0 Å². The summed E-state index contributed by atoms with van der Waals surface area (Å²) in [6, 6.07) is 13.1. The van der Waals surface area contributed by atoms with Crippen molar-refractivity contribution < 1.29 is 14.3 Å². The van der Waals surface area contributed by atoms with Gasteiger partial charge in [0, 0.05) is 5.69 Å². The van der Waals surface area contributed by atoms with Crippen LogP contribution < -0.4 is 4.74 Å². The summed E-state index contributed by atoms with van der Waals surface area (Å²) in [5.74, 6) is 0.477. The van der Waals surface area contributed by atoms with Gasteiger partial charge >= 0.3 is 5.97 Å². The molecule has 0 amide bonds. The number of nitrogens with one attached hydrogen (secondary N) is 1. The lowest BCUT2D eigenvalue weighted by atomic mass is 10.2. The summed E-state index contributed by atoms with van der Waals surface area (Å²) in [5, 5.41) is 0. The predicted octanol–water partition coefficient (Wildman–Crippen LogP) is 4.26. The maximum absolute atomic E-state index is 11.9. The molecule has 5 nitrogen and oxygen atoms in total. The summed E-state index contributed by atoms with van der Waals surface area (Å²) >= 11 is 5.44. The van der Waals surface area contributed by atoms with E-state index >= 15 is 0 Å². The van der Waals surface area contributed by atoms with Crippen LogP contribution in [0.1, 0.15) is 24.2 Å².